The number of nitrogens with one attached hydrogen (secondary N) is 1. The maximum Gasteiger partial charge on any atom is 0.259 e. The fourth-order valence-corrected chi connectivity index (χ4v) is 3.12. The summed E-state index contributed by atoms with van der Waals surface area (Å²) in [6, 6.07) is 12.1. The Bertz CT molecular complexity index is 984. The fourth-order valence-electron chi connectivity index (χ4n) is 2.36. The lowest BCUT2D eigenvalue weighted by Gasteiger charge is -2.09. The first-order chi connectivity index (χ1) is 12.1. The minimum Gasteiger partial charge on any atom is -0.493 e. The van der Waals surface area contributed by atoms with E-state index >= 15 is 0 Å². The van der Waals surface area contributed by atoms with E-state index in [2.05, 4.69) is 9.97 Å². The molecular formula is C18H16N2O4S. The highest BCUT2D eigenvalue weighted by atomic mass is 32.2. The van der Waals surface area contributed by atoms with Gasteiger partial charge in [0.2, 0.25) is 0 Å². The second-order valence-corrected chi connectivity index (χ2v) is 6.13. The molecule has 0 aliphatic rings. The third kappa shape index (κ3) is 3.66. The van der Waals surface area contributed by atoms with E-state index in [1.54, 1.807) is 36.4 Å². The first kappa shape index (κ1) is 17.0. The smallest absolute Gasteiger partial charge is 0.259 e. The Kier molecular flexibility index (Phi) is 5.04. The Morgan fingerprint density at radius 1 is 1.12 bits per heavy atom. The molecule has 1 N–H and O–H groups in total. The summed E-state index contributed by atoms with van der Waals surface area (Å²) in [5.41, 5.74) is 0.896. The molecule has 0 aliphatic heterocycles. The lowest BCUT2D eigenvalue weighted by molar-refractivity contribution is 0.102. The normalized spacial score (nSPS) is 10.6. The monoisotopic (exact) mass is 356 g/mol. The number of hydrogen-bond donors (Lipinski definition) is 1. The van der Waals surface area contributed by atoms with E-state index in [9.17, 15) is 9.59 Å². The molecule has 3 rings (SSSR count). The van der Waals surface area contributed by atoms with Crippen LogP contribution in [-0.2, 0) is 0 Å². The number of ether oxygens (including phenoxy) is 2. The molecule has 25 heavy (non-hydrogen) atoms. The van der Waals surface area contributed by atoms with Crippen LogP contribution in [-0.4, -0.2) is 35.7 Å². The van der Waals surface area contributed by atoms with Gasteiger partial charge in [-0.25, -0.2) is 4.98 Å². The van der Waals surface area contributed by atoms with Crippen LogP contribution in [0.1, 0.15) is 10.4 Å². The van der Waals surface area contributed by atoms with Crippen LogP contribution in [0, 0.1) is 0 Å². The first-order valence-corrected chi connectivity index (χ1v) is 8.48. The quantitative estimate of drug-likeness (QED) is 0.415. The highest BCUT2D eigenvalue weighted by Crippen LogP contribution is 2.28. The van der Waals surface area contributed by atoms with Crippen LogP contribution in [0.25, 0.3) is 10.9 Å². The summed E-state index contributed by atoms with van der Waals surface area (Å²) in [6.45, 7) is 0. The van der Waals surface area contributed by atoms with Gasteiger partial charge in [-0.05, 0) is 30.3 Å². The van der Waals surface area contributed by atoms with Gasteiger partial charge in [0.05, 0.1) is 30.9 Å². The van der Waals surface area contributed by atoms with Gasteiger partial charge in [0.15, 0.2) is 22.4 Å². The molecule has 7 heteroatoms. The van der Waals surface area contributed by atoms with Crippen molar-refractivity contribution in [2.45, 2.75) is 5.16 Å². The molecule has 0 atom stereocenters. The molecule has 0 unspecified atom stereocenters. The molecule has 0 saturated heterocycles. The number of fused-ring (bicyclic) bond motifs is 1. The van der Waals surface area contributed by atoms with Gasteiger partial charge in [0.25, 0.3) is 5.56 Å². The molecule has 0 bridgehead atoms. The predicted molar refractivity (Wildman–Crippen MR) is 97.0 cm³/mol. The summed E-state index contributed by atoms with van der Waals surface area (Å²) >= 11 is 1.19. The van der Waals surface area contributed by atoms with Crippen LogP contribution in [0.3, 0.4) is 0 Å². The Labute approximate surface area is 148 Å². The molecule has 0 fully saturated rings. The third-order valence-electron chi connectivity index (χ3n) is 3.64. The predicted octanol–water partition coefficient (Wildman–Crippen LogP) is 2.92. The van der Waals surface area contributed by atoms with Crippen molar-refractivity contribution >= 4 is 28.4 Å². The minimum atomic E-state index is -0.216. The third-order valence-corrected chi connectivity index (χ3v) is 4.51. The minimum absolute atomic E-state index is 0.0956. The Balaban J connectivity index is 1.77. The van der Waals surface area contributed by atoms with Crippen LogP contribution in [0.15, 0.2) is 52.4 Å². The number of H-pyrrole nitrogens is 1. The summed E-state index contributed by atoms with van der Waals surface area (Å²) in [6.07, 6.45) is 0. The maximum absolute atomic E-state index is 12.4. The van der Waals surface area contributed by atoms with Crippen molar-refractivity contribution in [3.8, 4) is 11.5 Å². The van der Waals surface area contributed by atoms with Crippen LogP contribution in [0.5, 0.6) is 11.5 Å². The zero-order chi connectivity index (χ0) is 17.8. The average molecular weight is 356 g/mol. The van der Waals surface area contributed by atoms with Crippen LogP contribution in [0.4, 0.5) is 0 Å². The second-order valence-electron chi connectivity index (χ2n) is 5.17. The van der Waals surface area contributed by atoms with E-state index in [0.717, 1.165) is 0 Å². The first-order valence-electron chi connectivity index (χ1n) is 7.49. The molecule has 128 valence electrons. The standard InChI is InChI=1S/C18H16N2O4S/c1-23-15-8-7-11(9-16(15)24-2)14(21)10-25-18-19-13-6-4-3-5-12(13)17(22)20-18/h3-9H,10H2,1-2H3,(H,19,20,22). The van der Waals surface area contributed by atoms with Gasteiger partial charge in [0.1, 0.15) is 0 Å². The average Bonchev–Trinajstić information content (AvgIpc) is 2.65. The number of aromatic amines is 1. The number of benzene rings is 2. The number of thioether (sulfide) groups is 1. The number of hydrogen-bond acceptors (Lipinski definition) is 6. The molecule has 6 nitrogen and oxygen atoms in total. The Hall–Kier alpha value is -2.80. The van der Waals surface area contributed by atoms with E-state index in [4.69, 9.17) is 9.47 Å². The summed E-state index contributed by atoms with van der Waals surface area (Å²) in [5, 5.41) is 0.940. The molecule has 1 aromatic heterocycles. The SMILES string of the molecule is COc1ccc(C(=O)CSc2nc3ccccc3c(=O)[nH]2)cc1OC. The number of methoxy groups -OCH3 is 2. The van der Waals surface area contributed by atoms with Gasteiger partial charge in [0, 0.05) is 5.56 Å². The van der Waals surface area contributed by atoms with E-state index in [0.29, 0.717) is 33.1 Å². The highest BCUT2D eigenvalue weighted by molar-refractivity contribution is 7.99. The maximum atomic E-state index is 12.4. The van der Waals surface area contributed by atoms with Crippen LogP contribution < -0.4 is 15.0 Å². The summed E-state index contributed by atoms with van der Waals surface area (Å²) in [4.78, 5) is 31.5. The topological polar surface area (TPSA) is 81.3 Å². The molecule has 0 spiro atoms. The zero-order valence-electron chi connectivity index (χ0n) is 13.7. The van der Waals surface area contributed by atoms with Gasteiger partial charge in [-0.3, -0.25) is 9.59 Å². The Morgan fingerprint density at radius 3 is 2.64 bits per heavy atom. The molecule has 0 amide bonds. The van der Waals surface area contributed by atoms with Crippen LogP contribution in [0.2, 0.25) is 0 Å². The largest absolute Gasteiger partial charge is 0.493 e. The number of Topliss-reactive ketones (excluding diaryl/α,β-unsaturated/α-hetero) is 1. The van der Waals surface area contributed by atoms with Gasteiger partial charge >= 0.3 is 0 Å². The van der Waals surface area contributed by atoms with Gasteiger partial charge < -0.3 is 14.5 Å². The van der Waals surface area contributed by atoms with Crippen molar-refractivity contribution in [1.29, 1.82) is 0 Å². The van der Waals surface area contributed by atoms with Crippen molar-refractivity contribution < 1.29 is 14.3 Å². The number of rotatable bonds is 6. The van der Waals surface area contributed by atoms with E-state index in [-0.39, 0.29) is 17.1 Å². The fraction of sp³-hybridized carbons (Fsp3) is 0.167. The molecule has 0 radical (unpaired) electrons. The molecule has 2 aromatic carbocycles. The van der Waals surface area contributed by atoms with Crippen molar-refractivity contribution in [1.82, 2.24) is 9.97 Å². The van der Waals surface area contributed by atoms with Gasteiger partial charge in [-0.2, -0.15) is 0 Å². The Morgan fingerprint density at radius 2 is 1.88 bits per heavy atom. The number of nitrogens with zero attached hydrogens (tertiary/aromatic N) is 1. The number of aromatic nitrogens is 2. The zero-order valence-corrected chi connectivity index (χ0v) is 14.6. The molecule has 3 aromatic rings. The number of para-hydroxylation sites is 1. The molecule has 0 aliphatic carbocycles. The van der Waals surface area contributed by atoms with Gasteiger partial charge in [-0.1, -0.05) is 23.9 Å². The molecule has 0 saturated carbocycles. The van der Waals surface area contributed by atoms with Crippen molar-refractivity contribution in [2.24, 2.45) is 0 Å². The van der Waals surface area contributed by atoms with E-state index < -0.39 is 0 Å². The van der Waals surface area contributed by atoms with Crippen molar-refractivity contribution in [3.05, 3.63) is 58.4 Å². The van der Waals surface area contributed by atoms with E-state index in [1.807, 2.05) is 6.07 Å². The number of ketones is 1. The van der Waals surface area contributed by atoms with Crippen molar-refractivity contribution in [3.63, 3.8) is 0 Å². The summed E-state index contributed by atoms with van der Waals surface area (Å²) in [5.74, 6) is 1.11. The lowest BCUT2D eigenvalue weighted by atomic mass is 10.1. The number of carbonyl (C=O) groups excluding carboxylic acids is 1. The molecule has 1 heterocycles. The number of carbonyl (C=O) groups is 1. The lowest BCUT2D eigenvalue weighted by Crippen LogP contribution is -2.10. The second kappa shape index (κ2) is 7.40. The van der Waals surface area contributed by atoms with E-state index in [1.165, 1.54) is 26.0 Å². The van der Waals surface area contributed by atoms with Crippen molar-refractivity contribution in [2.75, 3.05) is 20.0 Å². The summed E-state index contributed by atoms with van der Waals surface area (Å²) < 4.78 is 10.4. The molecular weight excluding hydrogens is 340 g/mol. The summed E-state index contributed by atoms with van der Waals surface area (Å²) in [7, 11) is 3.06. The van der Waals surface area contributed by atoms with Gasteiger partial charge in [-0.15, -0.1) is 0 Å². The van der Waals surface area contributed by atoms with Crippen LogP contribution >= 0.6 is 11.8 Å². The highest BCUT2D eigenvalue weighted by Gasteiger charge is 2.12.